The van der Waals surface area contributed by atoms with E-state index in [0.717, 1.165) is 11.8 Å². The van der Waals surface area contributed by atoms with Crippen LogP contribution in [0.25, 0.3) is 10.8 Å². The number of benzene rings is 2. The van der Waals surface area contributed by atoms with Crippen LogP contribution in [0.1, 0.15) is 30.9 Å². The summed E-state index contributed by atoms with van der Waals surface area (Å²) in [5, 5.41) is 3.79. The monoisotopic (exact) mass is 288 g/mol. The van der Waals surface area contributed by atoms with Gasteiger partial charge < -0.3 is 0 Å². The first-order chi connectivity index (χ1) is 8.21. The van der Waals surface area contributed by atoms with E-state index in [1.165, 1.54) is 34.7 Å². The molecular weight excluding hydrogens is 272 g/mol. The first kappa shape index (κ1) is 11.3. The second-order valence-corrected chi connectivity index (χ2v) is 6.19. The third-order valence-electron chi connectivity index (χ3n) is 3.98. The normalized spacial score (nSPS) is 17.3. The van der Waals surface area contributed by atoms with Crippen LogP contribution in [-0.4, -0.2) is 5.33 Å². The lowest BCUT2D eigenvalue weighted by Gasteiger charge is -2.10. The zero-order chi connectivity index (χ0) is 11.9. The highest BCUT2D eigenvalue weighted by molar-refractivity contribution is 9.09. The molecule has 1 aliphatic carbocycles. The van der Waals surface area contributed by atoms with Gasteiger partial charge in [0.05, 0.1) is 0 Å². The molecule has 17 heavy (non-hydrogen) atoms. The fourth-order valence-corrected chi connectivity index (χ4v) is 2.87. The van der Waals surface area contributed by atoms with Gasteiger partial charge in [-0.25, -0.2) is 0 Å². The first-order valence-corrected chi connectivity index (χ1v) is 7.43. The predicted octanol–water partition coefficient (Wildman–Crippen LogP) is 4.83. The van der Waals surface area contributed by atoms with Crippen molar-refractivity contribution < 1.29 is 0 Å². The lowest BCUT2D eigenvalue weighted by atomic mass is 9.95. The van der Waals surface area contributed by atoms with Crippen LogP contribution in [-0.2, 0) is 11.8 Å². The van der Waals surface area contributed by atoms with Crippen molar-refractivity contribution in [3.63, 3.8) is 0 Å². The molecule has 0 heterocycles. The van der Waals surface area contributed by atoms with Crippen molar-refractivity contribution in [1.29, 1.82) is 0 Å². The fourth-order valence-electron chi connectivity index (χ4n) is 2.41. The van der Waals surface area contributed by atoms with Gasteiger partial charge in [0, 0.05) is 5.33 Å². The van der Waals surface area contributed by atoms with Crippen molar-refractivity contribution >= 4 is 26.7 Å². The molecule has 0 saturated heterocycles. The molecule has 0 amide bonds. The highest BCUT2D eigenvalue weighted by Crippen LogP contribution is 2.48. The van der Waals surface area contributed by atoms with Crippen molar-refractivity contribution in [3.05, 3.63) is 47.5 Å². The van der Waals surface area contributed by atoms with E-state index < -0.39 is 0 Å². The average Bonchev–Trinajstić information content (AvgIpc) is 3.08. The van der Waals surface area contributed by atoms with Crippen LogP contribution in [0.4, 0.5) is 0 Å². The molecule has 3 rings (SSSR count). The number of alkyl halides is 1. The van der Waals surface area contributed by atoms with E-state index in [0.29, 0.717) is 5.41 Å². The molecule has 1 heteroatoms. The maximum absolute atomic E-state index is 3.50. The second kappa shape index (κ2) is 4.13. The van der Waals surface area contributed by atoms with E-state index in [4.69, 9.17) is 0 Å². The molecule has 0 spiro atoms. The van der Waals surface area contributed by atoms with Crippen LogP contribution in [0.2, 0.25) is 0 Å². The third-order valence-corrected chi connectivity index (χ3v) is 4.38. The molecule has 0 atom stereocenters. The SMILES string of the molecule is CC1(c2ccc3cc(CCBr)ccc3c2)CC1. The largest absolute Gasteiger partial charge is 0.0924 e. The predicted molar refractivity (Wildman–Crippen MR) is 78.0 cm³/mol. The molecule has 1 aliphatic rings. The van der Waals surface area contributed by atoms with Gasteiger partial charge in [-0.3, -0.25) is 0 Å². The van der Waals surface area contributed by atoms with Crippen LogP contribution in [0.3, 0.4) is 0 Å². The molecule has 1 fully saturated rings. The van der Waals surface area contributed by atoms with Crippen LogP contribution >= 0.6 is 15.9 Å². The standard InChI is InChI=1S/C16H17Br/c1-16(7-8-16)15-5-4-13-10-12(6-9-17)2-3-14(13)11-15/h2-5,10-11H,6-9H2,1H3. The Balaban J connectivity index is 2.03. The Labute approximate surface area is 111 Å². The number of aryl methyl sites for hydroxylation is 1. The zero-order valence-electron chi connectivity index (χ0n) is 10.2. The molecule has 0 nitrogen and oxygen atoms in total. The molecule has 0 aliphatic heterocycles. The second-order valence-electron chi connectivity index (χ2n) is 5.40. The zero-order valence-corrected chi connectivity index (χ0v) is 11.8. The van der Waals surface area contributed by atoms with E-state index in [1.807, 2.05) is 0 Å². The van der Waals surface area contributed by atoms with E-state index in [9.17, 15) is 0 Å². The van der Waals surface area contributed by atoms with Crippen molar-refractivity contribution in [1.82, 2.24) is 0 Å². The average molecular weight is 289 g/mol. The van der Waals surface area contributed by atoms with E-state index in [1.54, 1.807) is 0 Å². The fraction of sp³-hybridized carbons (Fsp3) is 0.375. The molecule has 2 aromatic rings. The molecule has 0 aromatic heterocycles. The summed E-state index contributed by atoms with van der Waals surface area (Å²) in [5.74, 6) is 0. The van der Waals surface area contributed by atoms with Gasteiger partial charge in [0.2, 0.25) is 0 Å². The van der Waals surface area contributed by atoms with Gasteiger partial charge in [-0.1, -0.05) is 59.3 Å². The number of fused-ring (bicyclic) bond motifs is 1. The third kappa shape index (κ3) is 2.13. The molecule has 0 bridgehead atoms. The molecule has 88 valence electrons. The first-order valence-electron chi connectivity index (χ1n) is 6.30. The van der Waals surface area contributed by atoms with E-state index >= 15 is 0 Å². The molecule has 2 aromatic carbocycles. The Morgan fingerprint density at radius 1 is 1.06 bits per heavy atom. The number of hydrogen-bond acceptors (Lipinski definition) is 0. The topological polar surface area (TPSA) is 0 Å². The summed E-state index contributed by atoms with van der Waals surface area (Å²) in [6, 6.07) is 13.8. The van der Waals surface area contributed by atoms with E-state index in [2.05, 4.69) is 59.3 Å². The minimum Gasteiger partial charge on any atom is -0.0924 e. The van der Waals surface area contributed by atoms with Gasteiger partial charge in [0.1, 0.15) is 0 Å². The highest BCUT2D eigenvalue weighted by atomic mass is 79.9. The summed E-state index contributed by atoms with van der Waals surface area (Å²) in [5.41, 5.74) is 3.40. The lowest BCUT2D eigenvalue weighted by molar-refractivity contribution is 0.789. The van der Waals surface area contributed by atoms with Crippen molar-refractivity contribution in [3.8, 4) is 0 Å². The number of rotatable bonds is 3. The number of halogens is 1. The summed E-state index contributed by atoms with van der Waals surface area (Å²) in [4.78, 5) is 0. The number of hydrogen-bond donors (Lipinski definition) is 0. The highest BCUT2D eigenvalue weighted by Gasteiger charge is 2.38. The minimum atomic E-state index is 0.475. The van der Waals surface area contributed by atoms with Crippen LogP contribution < -0.4 is 0 Å². The maximum atomic E-state index is 3.50. The van der Waals surface area contributed by atoms with Crippen LogP contribution in [0.15, 0.2) is 36.4 Å². The van der Waals surface area contributed by atoms with Gasteiger partial charge >= 0.3 is 0 Å². The summed E-state index contributed by atoms with van der Waals surface area (Å²) < 4.78 is 0. The smallest absolute Gasteiger partial charge is 0.00718 e. The summed E-state index contributed by atoms with van der Waals surface area (Å²) in [6.45, 7) is 2.37. The summed E-state index contributed by atoms with van der Waals surface area (Å²) in [7, 11) is 0. The Bertz CT molecular complexity index is 552. The van der Waals surface area contributed by atoms with Crippen LogP contribution in [0.5, 0.6) is 0 Å². The van der Waals surface area contributed by atoms with Gasteiger partial charge in [-0.2, -0.15) is 0 Å². The summed E-state index contributed by atoms with van der Waals surface area (Å²) >= 11 is 3.50. The van der Waals surface area contributed by atoms with Gasteiger partial charge in [-0.05, 0) is 46.6 Å². The minimum absolute atomic E-state index is 0.475. The molecular formula is C16H17Br. The van der Waals surface area contributed by atoms with Gasteiger partial charge in [0.15, 0.2) is 0 Å². The lowest BCUT2D eigenvalue weighted by Crippen LogP contribution is -1.98. The van der Waals surface area contributed by atoms with Crippen molar-refractivity contribution in [2.45, 2.75) is 31.6 Å². The molecule has 0 radical (unpaired) electrons. The van der Waals surface area contributed by atoms with Crippen LogP contribution in [0, 0.1) is 0 Å². The van der Waals surface area contributed by atoms with Crippen molar-refractivity contribution in [2.75, 3.05) is 5.33 Å². The molecule has 1 saturated carbocycles. The Kier molecular flexibility index (Phi) is 2.74. The molecule has 0 N–H and O–H groups in total. The quantitative estimate of drug-likeness (QED) is 0.710. The Morgan fingerprint density at radius 3 is 2.47 bits per heavy atom. The molecule has 0 unspecified atom stereocenters. The van der Waals surface area contributed by atoms with Gasteiger partial charge in [-0.15, -0.1) is 0 Å². The Hall–Kier alpha value is -0.820. The Morgan fingerprint density at radius 2 is 1.76 bits per heavy atom. The van der Waals surface area contributed by atoms with E-state index in [-0.39, 0.29) is 0 Å². The maximum Gasteiger partial charge on any atom is 0.00718 e. The van der Waals surface area contributed by atoms with Gasteiger partial charge in [0.25, 0.3) is 0 Å². The summed E-state index contributed by atoms with van der Waals surface area (Å²) in [6.07, 6.45) is 3.80. The van der Waals surface area contributed by atoms with Crippen molar-refractivity contribution in [2.24, 2.45) is 0 Å².